The van der Waals surface area contributed by atoms with Gasteiger partial charge in [0.15, 0.2) is 11.5 Å². The minimum absolute atomic E-state index is 0.259. The van der Waals surface area contributed by atoms with Crippen molar-refractivity contribution in [3.8, 4) is 11.5 Å². The molecule has 0 aromatic heterocycles. The van der Waals surface area contributed by atoms with Crippen LogP contribution >= 0.6 is 0 Å². The number of methoxy groups -OCH3 is 3. The maximum atomic E-state index is 5.54. The molecule has 0 saturated carbocycles. The van der Waals surface area contributed by atoms with Crippen LogP contribution in [0, 0.1) is 0 Å². The first-order chi connectivity index (χ1) is 9.78. The number of hydrogen-bond donors (Lipinski definition) is 1. The zero-order chi connectivity index (χ0) is 14.8. The molecule has 0 heterocycles. The summed E-state index contributed by atoms with van der Waals surface area (Å²) in [6, 6.07) is 6.29. The Bertz CT molecular complexity index is 382. The molecule has 4 nitrogen and oxygen atoms in total. The van der Waals surface area contributed by atoms with Gasteiger partial charge in [0.2, 0.25) is 0 Å². The molecule has 0 aliphatic heterocycles. The minimum atomic E-state index is 0.259. The van der Waals surface area contributed by atoms with Gasteiger partial charge in [0.05, 0.1) is 14.2 Å². The van der Waals surface area contributed by atoms with Gasteiger partial charge in [-0.2, -0.15) is 0 Å². The summed E-state index contributed by atoms with van der Waals surface area (Å²) in [7, 11) is 5.09. The van der Waals surface area contributed by atoms with E-state index in [9.17, 15) is 0 Å². The molecule has 1 aromatic rings. The van der Waals surface area contributed by atoms with Crippen molar-refractivity contribution < 1.29 is 14.2 Å². The third-order valence-corrected chi connectivity index (χ3v) is 3.29. The fraction of sp³-hybridized carbons (Fsp3) is 0.625. The molecule has 0 radical (unpaired) electrons. The van der Waals surface area contributed by atoms with Crippen LogP contribution in [0.25, 0.3) is 0 Å². The molecule has 1 rings (SSSR count). The molecule has 1 unspecified atom stereocenters. The predicted molar refractivity (Wildman–Crippen MR) is 81.7 cm³/mol. The summed E-state index contributed by atoms with van der Waals surface area (Å²) in [5.41, 5.74) is 1.15. The van der Waals surface area contributed by atoms with E-state index in [1.54, 1.807) is 21.3 Å². The minimum Gasteiger partial charge on any atom is -0.493 e. The quantitative estimate of drug-likeness (QED) is 0.669. The predicted octanol–water partition coefficient (Wildman–Crippen LogP) is 3.17. The van der Waals surface area contributed by atoms with Gasteiger partial charge in [0, 0.05) is 25.3 Å². The Kier molecular flexibility index (Phi) is 8.07. The van der Waals surface area contributed by atoms with Gasteiger partial charge < -0.3 is 19.5 Å². The van der Waals surface area contributed by atoms with E-state index in [1.165, 1.54) is 0 Å². The van der Waals surface area contributed by atoms with Gasteiger partial charge in [-0.3, -0.25) is 0 Å². The molecular weight excluding hydrogens is 254 g/mol. The molecular formula is C16H27NO3. The summed E-state index contributed by atoms with van der Waals surface area (Å²) in [6.45, 7) is 3.93. The van der Waals surface area contributed by atoms with E-state index < -0.39 is 0 Å². The molecule has 1 N–H and O–H groups in total. The van der Waals surface area contributed by atoms with Crippen molar-refractivity contribution in [2.24, 2.45) is 0 Å². The first kappa shape index (κ1) is 16.8. The van der Waals surface area contributed by atoms with E-state index in [-0.39, 0.29) is 6.04 Å². The highest BCUT2D eigenvalue weighted by molar-refractivity contribution is 5.48. The molecule has 0 aliphatic carbocycles. The first-order valence-electron chi connectivity index (χ1n) is 7.21. The van der Waals surface area contributed by atoms with Crippen molar-refractivity contribution in [2.45, 2.75) is 32.2 Å². The van der Waals surface area contributed by atoms with Crippen molar-refractivity contribution in [2.75, 3.05) is 34.5 Å². The van der Waals surface area contributed by atoms with Crippen LogP contribution < -0.4 is 14.8 Å². The highest BCUT2D eigenvalue weighted by Crippen LogP contribution is 2.36. The van der Waals surface area contributed by atoms with Gasteiger partial charge in [0.1, 0.15) is 0 Å². The molecule has 114 valence electrons. The molecule has 0 aliphatic rings. The summed E-state index contributed by atoms with van der Waals surface area (Å²) in [5, 5.41) is 3.58. The van der Waals surface area contributed by atoms with Crippen LogP contribution in [0.1, 0.15) is 37.8 Å². The molecule has 20 heavy (non-hydrogen) atoms. The van der Waals surface area contributed by atoms with Crippen LogP contribution in [-0.2, 0) is 4.74 Å². The Morgan fingerprint density at radius 1 is 1.15 bits per heavy atom. The second kappa shape index (κ2) is 9.61. The van der Waals surface area contributed by atoms with Crippen LogP contribution in [0.3, 0.4) is 0 Å². The normalized spacial score (nSPS) is 12.2. The highest BCUT2D eigenvalue weighted by Gasteiger charge is 2.18. The van der Waals surface area contributed by atoms with Crippen LogP contribution in [0.4, 0.5) is 0 Å². The molecule has 0 saturated heterocycles. The lowest BCUT2D eigenvalue weighted by Gasteiger charge is -2.22. The number of para-hydroxylation sites is 1. The fourth-order valence-corrected chi connectivity index (χ4v) is 2.30. The summed E-state index contributed by atoms with van der Waals surface area (Å²) in [6.07, 6.45) is 3.13. The van der Waals surface area contributed by atoms with Crippen molar-refractivity contribution >= 4 is 0 Å². The smallest absolute Gasteiger partial charge is 0.165 e. The number of nitrogens with one attached hydrogen (secondary N) is 1. The SMILES string of the molecule is CCCNC(CCCOC)c1cccc(OC)c1OC. The molecule has 0 amide bonds. The molecule has 0 fully saturated rings. The van der Waals surface area contributed by atoms with Crippen molar-refractivity contribution in [1.29, 1.82) is 0 Å². The third kappa shape index (κ3) is 4.69. The highest BCUT2D eigenvalue weighted by atomic mass is 16.5. The van der Waals surface area contributed by atoms with Gasteiger partial charge in [-0.15, -0.1) is 0 Å². The van der Waals surface area contributed by atoms with Crippen LogP contribution in [0.5, 0.6) is 11.5 Å². The Balaban J connectivity index is 2.92. The van der Waals surface area contributed by atoms with Crippen molar-refractivity contribution in [3.05, 3.63) is 23.8 Å². The monoisotopic (exact) mass is 281 g/mol. The first-order valence-corrected chi connectivity index (χ1v) is 7.21. The zero-order valence-electron chi connectivity index (χ0n) is 13.1. The Hall–Kier alpha value is -1.26. The van der Waals surface area contributed by atoms with Gasteiger partial charge in [-0.25, -0.2) is 0 Å². The lowest BCUT2D eigenvalue weighted by atomic mass is 10.00. The maximum Gasteiger partial charge on any atom is 0.165 e. The van der Waals surface area contributed by atoms with E-state index in [2.05, 4.69) is 18.3 Å². The van der Waals surface area contributed by atoms with E-state index in [4.69, 9.17) is 14.2 Å². The molecule has 4 heteroatoms. The second-order valence-electron chi connectivity index (χ2n) is 4.72. The number of benzene rings is 1. The van der Waals surface area contributed by atoms with Gasteiger partial charge in [0.25, 0.3) is 0 Å². The van der Waals surface area contributed by atoms with Gasteiger partial charge in [-0.1, -0.05) is 19.1 Å². The third-order valence-electron chi connectivity index (χ3n) is 3.29. The Morgan fingerprint density at radius 2 is 1.95 bits per heavy atom. The summed E-state index contributed by atoms with van der Waals surface area (Å²) in [5.74, 6) is 1.60. The largest absolute Gasteiger partial charge is 0.493 e. The van der Waals surface area contributed by atoms with Gasteiger partial charge in [-0.05, 0) is 31.9 Å². The van der Waals surface area contributed by atoms with E-state index >= 15 is 0 Å². The summed E-state index contributed by atoms with van der Waals surface area (Å²) < 4.78 is 16.1. The summed E-state index contributed by atoms with van der Waals surface area (Å²) in [4.78, 5) is 0. The maximum absolute atomic E-state index is 5.54. The topological polar surface area (TPSA) is 39.7 Å². The van der Waals surface area contributed by atoms with Gasteiger partial charge >= 0.3 is 0 Å². The number of ether oxygens (including phenoxy) is 3. The molecule has 0 bridgehead atoms. The Labute approximate surface area is 122 Å². The molecule has 1 aromatic carbocycles. The van der Waals surface area contributed by atoms with E-state index in [0.717, 1.165) is 49.5 Å². The van der Waals surface area contributed by atoms with Crippen LogP contribution in [-0.4, -0.2) is 34.5 Å². The second-order valence-corrected chi connectivity index (χ2v) is 4.72. The van der Waals surface area contributed by atoms with E-state index in [0.29, 0.717) is 0 Å². The number of hydrogen-bond acceptors (Lipinski definition) is 4. The average molecular weight is 281 g/mol. The van der Waals surface area contributed by atoms with Crippen molar-refractivity contribution in [3.63, 3.8) is 0 Å². The Morgan fingerprint density at radius 3 is 2.55 bits per heavy atom. The average Bonchev–Trinajstić information content (AvgIpc) is 2.49. The summed E-state index contributed by atoms with van der Waals surface area (Å²) >= 11 is 0. The molecule has 0 spiro atoms. The number of rotatable bonds is 10. The lowest BCUT2D eigenvalue weighted by molar-refractivity contribution is 0.188. The fourth-order valence-electron chi connectivity index (χ4n) is 2.30. The van der Waals surface area contributed by atoms with E-state index in [1.807, 2.05) is 12.1 Å². The molecule has 1 atom stereocenters. The van der Waals surface area contributed by atoms with Crippen LogP contribution in [0.2, 0.25) is 0 Å². The van der Waals surface area contributed by atoms with Crippen LogP contribution in [0.15, 0.2) is 18.2 Å². The zero-order valence-corrected chi connectivity index (χ0v) is 13.1. The van der Waals surface area contributed by atoms with Crippen molar-refractivity contribution in [1.82, 2.24) is 5.32 Å². The lowest BCUT2D eigenvalue weighted by Crippen LogP contribution is -2.23. The standard InChI is InChI=1S/C16H27NO3/c1-5-11-17-14(9-7-12-18-2)13-8-6-10-15(19-3)16(13)20-4/h6,8,10,14,17H,5,7,9,11-12H2,1-4H3.